The molecule has 1 aliphatic rings. The Labute approximate surface area is 126 Å². The molecule has 0 bridgehead atoms. The summed E-state index contributed by atoms with van der Waals surface area (Å²) >= 11 is 0. The molecule has 1 amide bonds. The number of rotatable bonds is 4. The number of pyridine rings is 1. The fourth-order valence-electron chi connectivity index (χ4n) is 2.55. The van der Waals surface area contributed by atoms with Crippen molar-refractivity contribution in [1.82, 2.24) is 4.98 Å². The third kappa shape index (κ3) is 4.77. The zero-order valence-electron chi connectivity index (χ0n) is 12.8. The van der Waals surface area contributed by atoms with Crippen LogP contribution in [-0.4, -0.2) is 16.9 Å². The lowest BCUT2D eigenvalue weighted by Gasteiger charge is -2.23. The summed E-state index contributed by atoms with van der Waals surface area (Å²) in [6.45, 7) is 3.75. The van der Waals surface area contributed by atoms with Crippen molar-refractivity contribution < 1.29 is 4.79 Å². The van der Waals surface area contributed by atoms with E-state index in [0.29, 0.717) is 17.5 Å². The normalized spacial score (nSPS) is 15.3. The first-order valence-electron chi connectivity index (χ1n) is 7.53. The molecule has 2 rings (SSSR count). The van der Waals surface area contributed by atoms with Crippen molar-refractivity contribution >= 4 is 23.2 Å². The van der Waals surface area contributed by atoms with E-state index in [0.717, 1.165) is 11.4 Å². The number of hydrogen-bond donors (Lipinski definition) is 3. The van der Waals surface area contributed by atoms with Crippen LogP contribution >= 0.6 is 0 Å². The highest BCUT2D eigenvalue weighted by molar-refractivity contribution is 6.01. The number of nitrogens with two attached hydrogens (primary N) is 1. The summed E-state index contributed by atoms with van der Waals surface area (Å²) in [5.41, 5.74) is 7.41. The van der Waals surface area contributed by atoms with Crippen molar-refractivity contribution in [3.05, 3.63) is 23.8 Å². The summed E-state index contributed by atoms with van der Waals surface area (Å²) in [6.07, 6.45) is 7.76. The standard InChI is InChI=1S/C16H24N4O/c1-11(2)10-15(21)19-13-8-9-14(20-16(13)17)18-12-6-4-3-5-7-12/h8-10,12H,3-7H2,1-2H3,(H,19,21)(H3,17,18,20). The second kappa shape index (κ2) is 7.11. The third-order valence-electron chi connectivity index (χ3n) is 3.56. The molecule has 1 saturated carbocycles. The second-order valence-corrected chi connectivity index (χ2v) is 5.82. The number of carbonyl (C=O) groups is 1. The summed E-state index contributed by atoms with van der Waals surface area (Å²) in [6, 6.07) is 4.14. The predicted octanol–water partition coefficient (Wildman–Crippen LogP) is 3.31. The molecule has 0 radical (unpaired) electrons. The van der Waals surface area contributed by atoms with Crippen molar-refractivity contribution in [2.45, 2.75) is 52.0 Å². The van der Waals surface area contributed by atoms with Crippen molar-refractivity contribution in [2.24, 2.45) is 0 Å². The summed E-state index contributed by atoms with van der Waals surface area (Å²) in [5, 5.41) is 6.16. The molecule has 0 aromatic carbocycles. The van der Waals surface area contributed by atoms with Gasteiger partial charge < -0.3 is 16.4 Å². The maximum Gasteiger partial charge on any atom is 0.248 e. The molecule has 5 heteroatoms. The largest absolute Gasteiger partial charge is 0.382 e. The van der Waals surface area contributed by atoms with Gasteiger partial charge in [-0.15, -0.1) is 0 Å². The number of nitrogens with one attached hydrogen (secondary N) is 2. The number of hydrogen-bond acceptors (Lipinski definition) is 4. The zero-order chi connectivity index (χ0) is 15.2. The van der Waals surface area contributed by atoms with Gasteiger partial charge >= 0.3 is 0 Å². The summed E-state index contributed by atoms with van der Waals surface area (Å²) in [7, 11) is 0. The molecule has 5 nitrogen and oxygen atoms in total. The van der Waals surface area contributed by atoms with Crippen LogP contribution < -0.4 is 16.4 Å². The Hall–Kier alpha value is -2.04. The monoisotopic (exact) mass is 288 g/mol. The molecule has 1 aromatic rings. The number of amides is 1. The molecule has 0 unspecified atom stereocenters. The van der Waals surface area contributed by atoms with Gasteiger partial charge in [-0.05, 0) is 38.8 Å². The minimum absolute atomic E-state index is 0.184. The second-order valence-electron chi connectivity index (χ2n) is 5.82. The molecular weight excluding hydrogens is 264 g/mol. The first-order valence-corrected chi connectivity index (χ1v) is 7.53. The van der Waals surface area contributed by atoms with Crippen molar-refractivity contribution in [3.8, 4) is 0 Å². The van der Waals surface area contributed by atoms with Crippen LogP contribution in [0.2, 0.25) is 0 Å². The van der Waals surface area contributed by atoms with E-state index in [4.69, 9.17) is 5.73 Å². The Balaban J connectivity index is 1.99. The Bertz CT molecular complexity index is 529. The molecule has 114 valence electrons. The van der Waals surface area contributed by atoms with Gasteiger partial charge in [0.2, 0.25) is 5.91 Å². The number of aromatic nitrogens is 1. The quantitative estimate of drug-likeness (QED) is 0.743. The van der Waals surface area contributed by atoms with Crippen LogP contribution in [0.3, 0.4) is 0 Å². The molecule has 1 aliphatic carbocycles. The van der Waals surface area contributed by atoms with Crippen molar-refractivity contribution in [3.63, 3.8) is 0 Å². The Morgan fingerprint density at radius 2 is 2.00 bits per heavy atom. The summed E-state index contributed by atoms with van der Waals surface area (Å²) in [5.74, 6) is 0.933. The average Bonchev–Trinajstić information content (AvgIpc) is 2.42. The molecule has 0 spiro atoms. The molecule has 0 aliphatic heterocycles. The Kier molecular flexibility index (Phi) is 5.20. The molecule has 4 N–H and O–H groups in total. The van der Waals surface area contributed by atoms with Gasteiger partial charge in [0.15, 0.2) is 0 Å². The van der Waals surface area contributed by atoms with Gasteiger partial charge in [0, 0.05) is 12.1 Å². The number of carbonyl (C=O) groups excluding carboxylic acids is 1. The van der Waals surface area contributed by atoms with Crippen molar-refractivity contribution in [2.75, 3.05) is 16.4 Å². The van der Waals surface area contributed by atoms with Crippen LogP contribution in [0.5, 0.6) is 0 Å². The fraction of sp³-hybridized carbons (Fsp3) is 0.500. The van der Waals surface area contributed by atoms with E-state index in [-0.39, 0.29) is 5.91 Å². The number of allylic oxidation sites excluding steroid dienone is 1. The van der Waals surface area contributed by atoms with Crippen LogP contribution in [-0.2, 0) is 4.79 Å². The first kappa shape index (κ1) is 15.4. The summed E-state index contributed by atoms with van der Waals surface area (Å²) in [4.78, 5) is 16.0. The maximum absolute atomic E-state index is 11.7. The van der Waals surface area contributed by atoms with E-state index < -0.39 is 0 Å². The molecule has 1 fully saturated rings. The highest BCUT2D eigenvalue weighted by Gasteiger charge is 2.14. The van der Waals surface area contributed by atoms with E-state index in [2.05, 4.69) is 15.6 Å². The van der Waals surface area contributed by atoms with E-state index in [9.17, 15) is 4.79 Å². The van der Waals surface area contributed by atoms with E-state index in [1.165, 1.54) is 38.2 Å². The maximum atomic E-state index is 11.7. The molecular formula is C16H24N4O. The van der Waals surface area contributed by atoms with Gasteiger partial charge in [0.25, 0.3) is 0 Å². The van der Waals surface area contributed by atoms with Crippen LogP contribution in [0, 0.1) is 0 Å². The lowest BCUT2D eigenvalue weighted by molar-refractivity contribution is -0.111. The molecule has 21 heavy (non-hydrogen) atoms. The van der Waals surface area contributed by atoms with Gasteiger partial charge in [-0.2, -0.15) is 0 Å². The first-order chi connectivity index (χ1) is 10.0. The van der Waals surface area contributed by atoms with E-state index in [1.807, 2.05) is 19.9 Å². The van der Waals surface area contributed by atoms with Gasteiger partial charge in [0.05, 0.1) is 5.69 Å². The molecule has 1 aromatic heterocycles. The Morgan fingerprint density at radius 1 is 1.29 bits per heavy atom. The number of anilines is 3. The third-order valence-corrected chi connectivity index (χ3v) is 3.56. The van der Waals surface area contributed by atoms with Crippen LogP contribution in [0.25, 0.3) is 0 Å². The molecule has 0 saturated heterocycles. The van der Waals surface area contributed by atoms with Gasteiger partial charge in [-0.3, -0.25) is 4.79 Å². The SMILES string of the molecule is CC(C)=CC(=O)Nc1ccc(NC2CCCCC2)nc1N. The number of nitrogen functional groups attached to an aromatic ring is 1. The van der Waals surface area contributed by atoms with E-state index >= 15 is 0 Å². The minimum atomic E-state index is -0.184. The van der Waals surface area contributed by atoms with Gasteiger partial charge in [-0.25, -0.2) is 4.98 Å². The van der Waals surface area contributed by atoms with E-state index in [1.54, 1.807) is 6.07 Å². The summed E-state index contributed by atoms with van der Waals surface area (Å²) < 4.78 is 0. The Morgan fingerprint density at radius 3 is 2.62 bits per heavy atom. The van der Waals surface area contributed by atoms with Crippen molar-refractivity contribution in [1.29, 1.82) is 0 Å². The topological polar surface area (TPSA) is 80.0 Å². The number of nitrogens with zero attached hydrogens (tertiary/aromatic N) is 1. The van der Waals surface area contributed by atoms with Crippen LogP contribution in [0.4, 0.5) is 17.3 Å². The predicted molar refractivity (Wildman–Crippen MR) is 87.2 cm³/mol. The average molecular weight is 288 g/mol. The minimum Gasteiger partial charge on any atom is -0.382 e. The van der Waals surface area contributed by atoms with Gasteiger partial charge in [-0.1, -0.05) is 24.8 Å². The van der Waals surface area contributed by atoms with Crippen LogP contribution in [0.1, 0.15) is 46.0 Å². The lowest BCUT2D eigenvalue weighted by Crippen LogP contribution is -2.23. The fourth-order valence-corrected chi connectivity index (χ4v) is 2.55. The van der Waals surface area contributed by atoms with Crippen LogP contribution in [0.15, 0.2) is 23.8 Å². The highest BCUT2D eigenvalue weighted by atomic mass is 16.1. The van der Waals surface area contributed by atoms with Gasteiger partial charge in [0.1, 0.15) is 11.6 Å². The lowest BCUT2D eigenvalue weighted by atomic mass is 9.95. The molecule has 0 atom stereocenters. The smallest absolute Gasteiger partial charge is 0.248 e. The zero-order valence-corrected chi connectivity index (χ0v) is 12.8. The molecule has 1 heterocycles. The highest BCUT2D eigenvalue weighted by Crippen LogP contribution is 2.23.